The molecular formula is C17H17ClO4S. The zero-order valence-electron chi connectivity index (χ0n) is 12.9. The number of carbonyl (C=O) groups is 2. The number of Topliss-reactive ketones (excluding diaryl/α,β-unsaturated/α-hetero) is 2. The first-order valence-corrected chi connectivity index (χ1v) is 8.44. The van der Waals surface area contributed by atoms with E-state index in [2.05, 4.69) is 12.1 Å². The Balaban J connectivity index is 2.00. The summed E-state index contributed by atoms with van der Waals surface area (Å²) in [5.41, 5.74) is 1.23. The van der Waals surface area contributed by atoms with Crippen LogP contribution in [0.2, 0.25) is 0 Å². The van der Waals surface area contributed by atoms with E-state index in [-0.39, 0.29) is 21.5 Å². The largest absolute Gasteiger partial charge is 0.489 e. The van der Waals surface area contributed by atoms with E-state index in [1.807, 2.05) is 18.2 Å². The van der Waals surface area contributed by atoms with Gasteiger partial charge in [-0.05, 0) is 24.2 Å². The van der Waals surface area contributed by atoms with Gasteiger partial charge in [-0.1, -0.05) is 41.9 Å². The predicted octanol–water partition coefficient (Wildman–Crippen LogP) is 3.46. The Morgan fingerprint density at radius 3 is 2.22 bits per heavy atom. The number of thioether (sulfide) groups is 1. The molecule has 0 spiro atoms. The number of ketones is 2. The molecule has 6 heteroatoms. The highest BCUT2D eigenvalue weighted by atomic mass is 35.5. The lowest BCUT2D eigenvalue weighted by atomic mass is 10.1. The third-order valence-electron chi connectivity index (χ3n) is 3.33. The monoisotopic (exact) mass is 352 g/mol. The molecule has 1 aliphatic rings. The highest BCUT2D eigenvalue weighted by Gasteiger charge is 2.36. The average molecular weight is 353 g/mol. The molecule has 122 valence electrons. The summed E-state index contributed by atoms with van der Waals surface area (Å²) in [5, 5.41) is -0.0997. The predicted molar refractivity (Wildman–Crippen MR) is 91.2 cm³/mol. The van der Waals surface area contributed by atoms with Crippen molar-refractivity contribution in [2.75, 3.05) is 20.0 Å². The minimum Gasteiger partial charge on any atom is -0.489 e. The molecule has 0 bridgehead atoms. The number of aryl methyl sites for hydroxylation is 1. The maximum Gasteiger partial charge on any atom is 0.244 e. The minimum absolute atomic E-state index is 0.0903. The van der Waals surface area contributed by atoms with E-state index in [1.165, 1.54) is 31.5 Å². The SMILES string of the molecule is COC1=C(OC)C(=O)C(SCCCc2ccccc2)=C(Cl)C1=O. The van der Waals surface area contributed by atoms with Gasteiger partial charge in [0.25, 0.3) is 0 Å². The molecule has 0 unspecified atom stereocenters. The van der Waals surface area contributed by atoms with Crippen molar-refractivity contribution in [3.8, 4) is 0 Å². The Kier molecular flexibility index (Phi) is 6.30. The van der Waals surface area contributed by atoms with Gasteiger partial charge in [-0.25, -0.2) is 0 Å². The van der Waals surface area contributed by atoms with Crippen molar-refractivity contribution in [2.24, 2.45) is 0 Å². The lowest BCUT2D eigenvalue weighted by molar-refractivity contribution is -0.120. The van der Waals surface area contributed by atoms with Crippen molar-refractivity contribution in [2.45, 2.75) is 12.8 Å². The van der Waals surface area contributed by atoms with Crippen LogP contribution in [0, 0.1) is 0 Å². The standard InChI is InChI=1S/C17H17ClO4S/c1-21-15-13(19)12(18)17(14(20)16(15)22-2)23-10-6-9-11-7-4-3-5-8-11/h3-5,7-8H,6,9-10H2,1-2H3. The molecule has 0 radical (unpaired) electrons. The van der Waals surface area contributed by atoms with E-state index in [4.69, 9.17) is 21.1 Å². The maximum atomic E-state index is 12.4. The normalized spacial score (nSPS) is 15.3. The van der Waals surface area contributed by atoms with Crippen molar-refractivity contribution >= 4 is 34.9 Å². The second kappa shape index (κ2) is 8.22. The van der Waals surface area contributed by atoms with Gasteiger partial charge >= 0.3 is 0 Å². The van der Waals surface area contributed by atoms with E-state index in [9.17, 15) is 9.59 Å². The van der Waals surface area contributed by atoms with Crippen LogP contribution in [0.3, 0.4) is 0 Å². The van der Waals surface area contributed by atoms with Crippen LogP contribution in [0.4, 0.5) is 0 Å². The Bertz CT molecular complexity index is 664. The van der Waals surface area contributed by atoms with Crippen LogP contribution in [0.25, 0.3) is 0 Å². The molecule has 2 rings (SSSR count). The first-order valence-electron chi connectivity index (χ1n) is 7.08. The molecule has 1 aromatic carbocycles. The van der Waals surface area contributed by atoms with E-state index >= 15 is 0 Å². The molecule has 1 aromatic rings. The molecule has 23 heavy (non-hydrogen) atoms. The van der Waals surface area contributed by atoms with Gasteiger partial charge in [0, 0.05) is 0 Å². The summed E-state index contributed by atoms with van der Waals surface area (Å²) in [6.07, 6.45) is 1.77. The zero-order chi connectivity index (χ0) is 16.8. The smallest absolute Gasteiger partial charge is 0.244 e. The van der Waals surface area contributed by atoms with Gasteiger partial charge in [-0.15, -0.1) is 11.8 Å². The number of halogens is 1. The van der Waals surface area contributed by atoms with Gasteiger partial charge in [0.15, 0.2) is 0 Å². The third kappa shape index (κ3) is 3.98. The van der Waals surface area contributed by atoms with E-state index in [0.717, 1.165) is 12.8 Å². The number of carbonyl (C=O) groups excluding carboxylic acids is 2. The van der Waals surface area contributed by atoms with Crippen molar-refractivity contribution in [1.82, 2.24) is 0 Å². The quantitative estimate of drug-likeness (QED) is 0.555. The highest BCUT2D eigenvalue weighted by Crippen LogP contribution is 2.34. The summed E-state index contributed by atoms with van der Waals surface area (Å²) in [6.45, 7) is 0. The van der Waals surface area contributed by atoms with Crippen LogP contribution in [-0.2, 0) is 25.5 Å². The number of rotatable bonds is 7. The fraction of sp³-hybridized carbons (Fsp3) is 0.294. The number of benzene rings is 1. The molecule has 0 amide bonds. The van der Waals surface area contributed by atoms with Gasteiger partial charge < -0.3 is 9.47 Å². The Morgan fingerprint density at radius 2 is 1.61 bits per heavy atom. The second-order valence-corrected chi connectivity index (χ2v) is 6.29. The van der Waals surface area contributed by atoms with E-state index in [0.29, 0.717) is 5.75 Å². The molecule has 0 aromatic heterocycles. The number of methoxy groups -OCH3 is 2. The van der Waals surface area contributed by atoms with Crippen molar-refractivity contribution in [3.05, 3.63) is 57.4 Å². The molecule has 1 aliphatic carbocycles. The Labute approximate surface area is 144 Å². The summed E-state index contributed by atoms with van der Waals surface area (Å²) in [5.74, 6) is -0.475. The third-order valence-corrected chi connectivity index (χ3v) is 4.97. The average Bonchev–Trinajstić information content (AvgIpc) is 2.58. The van der Waals surface area contributed by atoms with Gasteiger partial charge in [0.1, 0.15) is 5.03 Å². The summed E-state index contributed by atoms with van der Waals surface area (Å²) in [4.78, 5) is 24.7. The molecule has 0 N–H and O–H groups in total. The molecule has 0 aliphatic heterocycles. The van der Waals surface area contributed by atoms with Gasteiger partial charge in [0.2, 0.25) is 23.1 Å². The van der Waals surface area contributed by atoms with Crippen LogP contribution >= 0.6 is 23.4 Å². The molecule has 0 heterocycles. The fourth-order valence-electron chi connectivity index (χ4n) is 2.21. The number of allylic oxidation sites excluding steroid dienone is 2. The molecular weight excluding hydrogens is 336 g/mol. The van der Waals surface area contributed by atoms with Gasteiger partial charge in [0.05, 0.1) is 19.1 Å². The first-order chi connectivity index (χ1) is 11.1. The number of hydrogen-bond acceptors (Lipinski definition) is 5. The second-order valence-electron chi connectivity index (χ2n) is 4.81. The number of ether oxygens (including phenoxy) is 2. The van der Waals surface area contributed by atoms with Crippen molar-refractivity contribution < 1.29 is 19.1 Å². The lowest BCUT2D eigenvalue weighted by Crippen LogP contribution is -2.23. The topological polar surface area (TPSA) is 52.6 Å². The Hall–Kier alpha value is -1.72. The van der Waals surface area contributed by atoms with E-state index in [1.54, 1.807) is 0 Å². The van der Waals surface area contributed by atoms with Gasteiger partial charge in [-0.2, -0.15) is 0 Å². The first kappa shape index (κ1) is 17.6. The fourth-order valence-corrected chi connectivity index (χ4v) is 3.48. The van der Waals surface area contributed by atoms with Crippen LogP contribution in [0.1, 0.15) is 12.0 Å². The van der Waals surface area contributed by atoms with Crippen LogP contribution in [0.15, 0.2) is 51.8 Å². The summed E-state index contributed by atoms with van der Waals surface area (Å²) in [6, 6.07) is 10.1. The summed E-state index contributed by atoms with van der Waals surface area (Å²) in [7, 11) is 2.64. The van der Waals surface area contributed by atoms with Gasteiger partial charge in [-0.3, -0.25) is 9.59 Å². The molecule has 0 atom stereocenters. The molecule has 0 saturated heterocycles. The van der Waals surface area contributed by atoms with Crippen LogP contribution in [-0.4, -0.2) is 31.5 Å². The summed E-state index contributed by atoms with van der Waals surface area (Å²) < 4.78 is 9.95. The molecule has 4 nitrogen and oxygen atoms in total. The molecule has 0 saturated carbocycles. The van der Waals surface area contributed by atoms with Crippen LogP contribution < -0.4 is 0 Å². The minimum atomic E-state index is -0.517. The lowest BCUT2D eigenvalue weighted by Gasteiger charge is -2.18. The number of hydrogen-bond donors (Lipinski definition) is 0. The van der Waals surface area contributed by atoms with E-state index < -0.39 is 11.6 Å². The summed E-state index contributed by atoms with van der Waals surface area (Å²) >= 11 is 7.31. The van der Waals surface area contributed by atoms with Crippen LogP contribution in [0.5, 0.6) is 0 Å². The van der Waals surface area contributed by atoms with Crippen molar-refractivity contribution in [1.29, 1.82) is 0 Å². The van der Waals surface area contributed by atoms with Crippen molar-refractivity contribution in [3.63, 3.8) is 0 Å². The highest BCUT2D eigenvalue weighted by molar-refractivity contribution is 8.04. The maximum absolute atomic E-state index is 12.4. The Morgan fingerprint density at radius 1 is 1.00 bits per heavy atom. The zero-order valence-corrected chi connectivity index (χ0v) is 14.5. The molecule has 0 fully saturated rings.